The van der Waals surface area contributed by atoms with E-state index in [1.165, 1.54) is 23.5 Å². The van der Waals surface area contributed by atoms with Crippen LogP contribution in [0.25, 0.3) is 0 Å². The van der Waals surface area contributed by atoms with Gasteiger partial charge in [0.2, 0.25) is 5.13 Å². The molecule has 3 rings (SSSR count). The molecule has 1 aromatic carbocycles. The molecule has 0 bridgehead atoms. The number of carbonyl (C=O) groups is 1. The Balaban J connectivity index is 1.75. The number of benzene rings is 1. The van der Waals surface area contributed by atoms with Crippen LogP contribution in [0.4, 0.5) is 18.3 Å². The molecular weight excluding hydrogens is 303 g/mol. The zero-order valence-electron chi connectivity index (χ0n) is 10.6. The molecule has 4 nitrogen and oxygen atoms in total. The summed E-state index contributed by atoms with van der Waals surface area (Å²) in [6.07, 6.45) is -2.34. The molecule has 1 amide bonds. The summed E-state index contributed by atoms with van der Waals surface area (Å²) in [6.45, 7) is 0. The quantitative estimate of drug-likeness (QED) is 0.940. The second-order valence-electron chi connectivity index (χ2n) is 4.75. The van der Waals surface area contributed by atoms with Crippen molar-refractivity contribution in [2.75, 3.05) is 5.32 Å². The zero-order chi connectivity index (χ0) is 15.0. The van der Waals surface area contributed by atoms with E-state index in [-0.39, 0.29) is 5.56 Å². The Morgan fingerprint density at radius 2 is 2.05 bits per heavy atom. The molecule has 1 aromatic heterocycles. The molecular formula is C13H10F3N3OS. The van der Waals surface area contributed by atoms with Crippen molar-refractivity contribution < 1.29 is 18.0 Å². The summed E-state index contributed by atoms with van der Waals surface area (Å²) >= 11 is 1.26. The molecule has 1 aliphatic carbocycles. The lowest BCUT2D eigenvalue weighted by atomic mass is 10.1. The summed E-state index contributed by atoms with van der Waals surface area (Å²) in [6, 6.07) is 4.27. The SMILES string of the molecule is O=C(Nc1nnc(C2CC2)s1)c1cccc(C(F)(F)F)c1. The highest BCUT2D eigenvalue weighted by Gasteiger charge is 2.31. The fraction of sp³-hybridized carbons (Fsp3) is 0.308. The molecule has 1 N–H and O–H groups in total. The van der Waals surface area contributed by atoms with E-state index in [9.17, 15) is 18.0 Å². The third-order valence-electron chi connectivity index (χ3n) is 3.04. The summed E-state index contributed by atoms with van der Waals surface area (Å²) in [4.78, 5) is 11.9. The van der Waals surface area contributed by atoms with Gasteiger partial charge in [0.1, 0.15) is 5.01 Å². The van der Waals surface area contributed by atoms with Gasteiger partial charge < -0.3 is 0 Å². The Morgan fingerprint density at radius 1 is 1.29 bits per heavy atom. The Hall–Kier alpha value is -1.96. The van der Waals surface area contributed by atoms with Crippen LogP contribution >= 0.6 is 11.3 Å². The Kier molecular flexibility index (Phi) is 3.40. The predicted molar refractivity (Wildman–Crippen MR) is 71.3 cm³/mol. The zero-order valence-corrected chi connectivity index (χ0v) is 11.5. The topological polar surface area (TPSA) is 54.9 Å². The van der Waals surface area contributed by atoms with E-state index in [2.05, 4.69) is 15.5 Å². The number of nitrogens with one attached hydrogen (secondary N) is 1. The van der Waals surface area contributed by atoms with Gasteiger partial charge >= 0.3 is 6.18 Å². The van der Waals surface area contributed by atoms with Gasteiger partial charge in [-0.1, -0.05) is 17.4 Å². The van der Waals surface area contributed by atoms with Crippen LogP contribution in [0.2, 0.25) is 0 Å². The summed E-state index contributed by atoms with van der Waals surface area (Å²) in [5.74, 6) is -0.207. The average Bonchev–Trinajstić information content (AvgIpc) is 3.19. The van der Waals surface area contributed by atoms with Gasteiger partial charge in [-0.05, 0) is 31.0 Å². The normalized spacial score (nSPS) is 15.0. The van der Waals surface area contributed by atoms with Gasteiger partial charge in [0, 0.05) is 11.5 Å². The second kappa shape index (κ2) is 5.10. The number of hydrogen-bond acceptors (Lipinski definition) is 4. The maximum Gasteiger partial charge on any atom is 0.416 e. The molecule has 110 valence electrons. The molecule has 0 radical (unpaired) electrons. The van der Waals surface area contributed by atoms with Crippen LogP contribution < -0.4 is 5.32 Å². The molecule has 1 saturated carbocycles. The number of anilines is 1. The van der Waals surface area contributed by atoms with Crippen LogP contribution in [0, 0.1) is 0 Å². The van der Waals surface area contributed by atoms with E-state index in [0.29, 0.717) is 11.0 Å². The van der Waals surface area contributed by atoms with Crippen molar-refractivity contribution in [1.29, 1.82) is 0 Å². The monoisotopic (exact) mass is 313 g/mol. The molecule has 1 heterocycles. The van der Waals surface area contributed by atoms with Crippen LogP contribution in [-0.4, -0.2) is 16.1 Å². The molecule has 0 spiro atoms. The molecule has 8 heteroatoms. The largest absolute Gasteiger partial charge is 0.416 e. The Morgan fingerprint density at radius 3 is 2.71 bits per heavy atom. The van der Waals surface area contributed by atoms with Crippen LogP contribution in [0.1, 0.15) is 39.7 Å². The molecule has 0 aliphatic heterocycles. The van der Waals surface area contributed by atoms with Crippen LogP contribution in [0.5, 0.6) is 0 Å². The summed E-state index contributed by atoms with van der Waals surface area (Å²) in [5, 5.41) is 11.4. The fourth-order valence-electron chi connectivity index (χ4n) is 1.79. The van der Waals surface area contributed by atoms with Gasteiger partial charge in [-0.3, -0.25) is 10.1 Å². The number of nitrogens with zero attached hydrogens (tertiary/aromatic N) is 2. The van der Waals surface area contributed by atoms with Crippen LogP contribution in [-0.2, 0) is 6.18 Å². The molecule has 1 fully saturated rings. The molecule has 21 heavy (non-hydrogen) atoms. The molecule has 0 atom stereocenters. The smallest absolute Gasteiger partial charge is 0.296 e. The van der Waals surface area contributed by atoms with Crippen molar-refractivity contribution in [2.24, 2.45) is 0 Å². The lowest BCUT2D eigenvalue weighted by molar-refractivity contribution is -0.137. The second-order valence-corrected chi connectivity index (χ2v) is 5.76. The van der Waals surface area contributed by atoms with Crippen LogP contribution in [0.3, 0.4) is 0 Å². The Labute approximate surface area is 122 Å². The van der Waals surface area contributed by atoms with Crippen molar-refractivity contribution in [1.82, 2.24) is 10.2 Å². The highest BCUT2D eigenvalue weighted by atomic mass is 32.1. The van der Waals surface area contributed by atoms with Gasteiger partial charge in [0.25, 0.3) is 5.91 Å². The third-order valence-corrected chi connectivity index (χ3v) is 4.04. The summed E-state index contributed by atoms with van der Waals surface area (Å²) in [5.41, 5.74) is -0.918. The maximum atomic E-state index is 12.6. The van der Waals surface area contributed by atoms with Crippen molar-refractivity contribution in [3.63, 3.8) is 0 Å². The maximum absolute atomic E-state index is 12.6. The number of rotatable bonds is 3. The molecule has 0 unspecified atom stereocenters. The minimum absolute atomic E-state index is 0.0620. The van der Waals surface area contributed by atoms with E-state index in [1.807, 2.05) is 0 Å². The Bertz CT molecular complexity index is 679. The predicted octanol–water partition coefficient (Wildman–Crippen LogP) is 3.69. The van der Waals surface area contributed by atoms with Crippen molar-refractivity contribution in [3.05, 3.63) is 40.4 Å². The van der Waals surface area contributed by atoms with E-state index in [0.717, 1.165) is 30.0 Å². The highest BCUT2D eigenvalue weighted by Crippen LogP contribution is 2.42. The molecule has 0 saturated heterocycles. The summed E-state index contributed by atoms with van der Waals surface area (Å²) in [7, 11) is 0. The number of aromatic nitrogens is 2. The third kappa shape index (κ3) is 3.21. The number of hydrogen-bond donors (Lipinski definition) is 1. The average molecular weight is 313 g/mol. The first-order valence-electron chi connectivity index (χ1n) is 6.25. The number of amides is 1. The standard InChI is InChI=1S/C13H10F3N3OS/c14-13(15,16)9-3-1-2-8(6-9)10(20)17-12-19-18-11(21-12)7-4-5-7/h1-3,6-7H,4-5H2,(H,17,19,20). The minimum atomic E-state index is -4.47. The van der Waals surface area contributed by atoms with Gasteiger partial charge in [0.05, 0.1) is 5.56 Å². The summed E-state index contributed by atoms with van der Waals surface area (Å²) < 4.78 is 37.8. The van der Waals surface area contributed by atoms with Gasteiger partial charge in [-0.25, -0.2) is 0 Å². The molecule has 2 aromatic rings. The fourth-order valence-corrected chi connectivity index (χ4v) is 2.69. The van der Waals surface area contributed by atoms with Gasteiger partial charge in [0.15, 0.2) is 0 Å². The molecule has 1 aliphatic rings. The van der Waals surface area contributed by atoms with Crippen molar-refractivity contribution >= 4 is 22.4 Å². The van der Waals surface area contributed by atoms with Gasteiger partial charge in [-0.15, -0.1) is 10.2 Å². The first-order chi connectivity index (χ1) is 9.93. The number of carbonyl (C=O) groups excluding carboxylic acids is 1. The van der Waals surface area contributed by atoms with Crippen molar-refractivity contribution in [3.8, 4) is 0 Å². The minimum Gasteiger partial charge on any atom is -0.296 e. The van der Waals surface area contributed by atoms with E-state index >= 15 is 0 Å². The number of halogens is 3. The number of alkyl halides is 3. The van der Waals surface area contributed by atoms with E-state index in [4.69, 9.17) is 0 Å². The lowest BCUT2D eigenvalue weighted by Crippen LogP contribution is -2.13. The van der Waals surface area contributed by atoms with E-state index in [1.54, 1.807) is 0 Å². The lowest BCUT2D eigenvalue weighted by Gasteiger charge is -2.08. The van der Waals surface area contributed by atoms with Crippen LogP contribution in [0.15, 0.2) is 24.3 Å². The first kappa shape index (κ1) is 14.0. The highest BCUT2D eigenvalue weighted by molar-refractivity contribution is 7.15. The van der Waals surface area contributed by atoms with E-state index < -0.39 is 17.6 Å². The first-order valence-corrected chi connectivity index (χ1v) is 7.07. The van der Waals surface area contributed by atoms with Crippen molar-refractivity contribution in [2.45, 2.75) is 24.9 Å². The van der Waals surface area contributed by atoms with Gasteiger partial charge in [-0.2, -0.15) is 13.2 Å².